The normalized spacial score (nSPS) is 28.0. The van der Waals surface area contributed by atoms with Crippen LogP contribution in [0.2, 0.25) is 0 Å². The van der Waals surface area contributed by atoms with E-state index in [2.05, 4.69) is 5.16 Å². The number of nitrogens with zero attached hydrogens (tertiary/aromatic N) is 1. The van der Waals surface area contributed by atoms with Crippen LogP contribution in [0.15, 0.2) is 29.4 Å². The first-order valence-corrected chi connectivity index (χ1v) is 12.1. The zero-order chi connectivity index (χ0) is 23.5. The molecule has 2 aliphatic rings. The SMILES string of the molecule is CO[C@@H]1[C@H]2OC(C)(C)O[C@H]2O[C@@H]1C(CC/C(=N/O)c1ccc(C)cc1)SC(=S)OC(C)C. The number of hydrogen-bond donors (Lipinski definition) is 1. The topological polar surface area (TPSA) is 78.7 Å². The first kappa shape index (κ1) is 25.4. The van der Waals surface area contributed by atoms with Crippen molar-refractivity contribution in [2.24, 2.45) is 5.16 Å². The van der Waals surface area contributed by atoms with E-state index < -0.39 is 12.1 Å². The molecule has 5 atom stereocenters. The molecule has 2 aliphatic heterocycles. The Morgan fingerprint density at radius 1 is 1.25 bits per heavy atom. The minimum absolute atomic E-state index is 0.0210. The van der Waals surface area contributed by atoms with Gasteiger partial charge >= 0.3 is 0 Å². The maximum absolute atomic E-state index is 9.65. The summed E-state index contributed by atoms with van der Waals surface area (Å²) >= 11 is 6.91. The first-order valence-electron chi connectivity index (χ1n) is 10.8. The number of fused-ring (bicyclic) bond motifs is 1. The molecule has 0 radical (unpaired) electrons. The second-order valence-electron chi connectivity index (χ2n) is 8.79. The van der Waals surface area contributed by atoms with Crippen molar-refractivity contribution in [2.75, 3.05) is 7.11 Å². The molecular weight excluding hydrogens is 450 g/mol. The Kier molecular flexibility index (Phi) is 8.57. The summed E-state index contributed by atoms with van der Waals surface area (Å²) in [6, 6.07) is 7.91. The van der Waals surface area contributed by atoms with Gasteiger partial charge < -0.3 is 28.9 Å². The molecule has 1 aromatic rings. The fraction of sp³-hybridized carbons (Fsp3) is 0.652. The molecule has 0 amide bonds. The van der Waals surface area contributed by atoms with Crippen LogP contribution in [0.5, 0.6) is 0 Å². The quantitative estimate of drug-likeness (QED) is 0.248. The highest BCUT2D eigenvalue weighted by Crippen LogP contribution is 2.42. The van der Waals surface area contributed by atoms with Crippen molar-refractivity contribution in [2.45, 2.75) is 89.2 Å². The van der Waals surface area contributed by atoms with Crippen molar-refractivity contribution in [3.63, 3.8) is 0 Å². The van der Waals surface area contributed by atoms with E-state index in [-0.39, 0.29) is 29.7 Å². The van der Waals surface area contributed by atoms with E-state index in [1.807, 2.05) is 58.9 Å². The third-order valence-electron chi connectivity index (χ3n) is 5.42. The van der Waals surface area contributed by atoms with Gasteiger partial charge in [0, 0.05) is 12.4 Å². The molecule has 178 valence electrons. The fourth-order valence-electron chi connectivity index (χ4n) is 3.98. The lowest BCUT2D eigenvalue weighted by molar-refractivity contribution is -0.216. The molecule has 0 aromatic heterocycles. The molecular formula is C23H33NO6S2. The van der Waals surface area contributed by atoms with Crippen LogP contribution in [0.4, 0.5) is 0 Å². The minimum atomic E-state index is -0.724. The van der Waals surface area contributed by atoms with Crippen LogP contribution in [-0.2, 0) is 23.7 Å². The van der Waals surface area contributed by atoms with E-state index in [0.717, 1.165) is 11.1 Å². The van der Waals surface area contributed by atoms with Gasteiger partial charge in [-0.3, -0.25) is 0 Å². The molecule has 32 heavy (non-hydrogen) atoms. The minimum Gasteiger partial charge on any atom is -0.476 e. The Balaban J connectivity index is 1.76. The van der Waals surface area contributed by atoms with Gasteiger partial charge in [0.15, 0.2) is 12.1 Å². The average molecular weight is 484 g/mol. The highest BCUT2D eigenvalue weighted by molar-refractivity contribution is 8.23. The van der Waals surface area contributed by atoms with E-state index in [0.29, 0.717) is 22.9 Å². The lowest BCUT2D eigenvalue weighted by Crippen LogP contribution is -2.41. The van der Waals surface area contributed by atoms with Gasteiger partial charge in [0.2, 0.25) is 4.38 Å². The predicted octanol–water partition coefficient (Wildman–Crippen LogP) is 4.66. The van der Waals surface area contributed by atoms with E-state index in [1.165, 1.54) is 11.8 Å². The van der Waals surface area contributed by atoms with E-state index in [4.69, 9.17) is 35.9 Å². The zero-order valence-electron chi connectivity index (χ0n) is 19.4. The third-order valence-corrected chi connectivity index (χ3v) is 6.90. The average Bonchev–Trinajstić information content (AvgIpc) is 3.19. The van der Waals surface area contributed by atoms with Crippen molar-refractivity contribution in [3.8, 4) is 0 Å². The summed E-state index contributed by atoms with van der Waals surface area (Å²) in [4.78, 5) is 0. The van der Waals surface area contributed by atoms with Crippen molar-refractivity contribution < 1.29 is 28.9 Å². The standard InChI is InChI=1S/C23H33NO6S2/c1-13(2)27-22(31)32-17(12-11-16(24-25)15-9-7-14(3)8-10-15)18-19(26-6)20-21(28-18)30-23(4,5)29-20/h7-10,13,17-21,25H,11-12H2,1-6H3/b24-16-/t17?,18-,19+,20-,21-/m1/s1. The molecule has 3 rings (SSSR count). The first-order chi connectivity index (χ1) is 15.1. The van der Waals surface area contributed by atoms with Gasteiger partial charge in [0.05, 0.1) is 11.8 Å². The molecule has 0 bridgehead atoms. The van der Waals surface area contributed by atoms with Crippen LogP contribution < -0.4 is 0 Å². The van der Waals surface area contributed by atoms with Crippen molar-refractivity contribution in [1.29, 1.82) is 0 Å². The molecule has 1 unspecified atom stereocenters. The maximum Gasteiger partial charge on any atom is 0.220 e. The van der Waals surface area contributed by atoms with Crippen LogP contribution in [0.1, 0.15) is 51.7 Å². The number of oxime groups is 1. The molecule has 1 aromatic carbocycles. The van der Waals surface area contributed by atoms with Crippen molar-refractivity contribution in [3.05, 3.63) is 35.4 Å². The van der Waals surface area contributed by atoms with Gasteiger partial charge in [0.1, 0.15) is 18.3 Å². The summed E-state index contributed by atoms with van der Waals surface area (Å²) in [6.45, 7) is 9.62. The second-order valence-corrected chi connectivity index (χ2v) is 10.6. The van der Waals surface area contributed by atoms with Gasteiger partial charge in [-0.25, -0.2) is 0 Å². The number of ether oxygens (including phenoxy) is 5. The van der Waals surface area contributed by atoms with Crippen LogP contribution >= 0.6 is 24.0 Å². The van der Waals surface area contributed by atoms with Gasteiger partial charge in [-0.2, -0.15) is 0 Å². The lowest BCUT2D eigenvalue weighted by atomic mass is 9.99. The van der Waals surface area contributed by atoms with Crippen LogP contribution in [0.3, 0.4) is 0 Å². The molecule has 2 fully saturated rings. The van der Waals surface area contributed by atoms with Gasteiger partial charge in [-0.15, -0.1) is 0 Å². The Bertz CT molecular complexity index is 813. The monoisotopic (exact) mass is 483 g/mol. The van der Waals surface area contributed by atoms with E-state index in [9.17, 15) is 5.21 Å². The molecule has 0 aliphatic carbocycles. The van der Waals surface area contributed by atoms with Gasteiger partial charge in [-0.05, 0) is 65.2 Å². The summed E-state index contributed by atoms with van der Waals surface area (Å²) in [5.74, 6) is -0.724. The number of benzene rings is 1. The largest absolute Gasteiger partial charge is 0.476 e. The van der Waals surface area contributed by atoms with E-state index in [1.54, 1.807) is 7.11 Å². The highest BCUT2D eigenvalue weighted by Gasteiger charge is 2.57. The Morgan fingerprint density at radius 2 is 1.94 bits per heavy atom. The number of thiocarbonyl (C=S) groups is 1. The smallest absolute Gasteiger partial charge is 0.220 e. The Hall–Kier alpha value is -1.23. The molecule has 1 N–H and O–H groups in total. The van der Waals surface area contributed by atoms with Crippen molar-refractivity contribution >= 4 is 34.1 Å². The summed E-state index contributed by atoms with van der Waals surface area (Å²) in [5, 5.41) is 13.1. The molecule has 0 saturated carbocycles. The summed E-state index contributed by atoms with van der Waals surface area (Å²) in [6.07, 6.45) is -0.352. The summed E-state index contributed by atoms with van der Waals surface area (Å²) in [7, 11) is 1.65. The fourth-order valence-corrected chi connectivity index (χ4v) is 5.63. The molecule has 9 heteroatoms. The predicted molar refractivity (Wildman–Crippen MR) is 128 cm³/mol. The van der Waals surface area contributed by atoms with Crippen LogP contribution in [0.25, 0.3) is 0 Å². The number of rotatable bonds is 8. The third kappa shape index (κ3) is 6.21. The number of aryl methyl sites for hydroxylation is 1. The lowest BCUT2D eigenvalue weighted by Gasteiger charge is -2.30. The molecule has 0 spiro atoms. The van der Waals surface area contributed by atoms with Crippen LogP contribution in [0, 0.1) is 6.92 Å². The molecule has 7 nitrogen and oxygen atoms in total. The summed E-state index contributed by atoms with van der Waals surface area (Å²) in [5.41, 5.74) is 2.63. The number of hydrogen-bond acceptors (Lipinski definition) is 9. The zero-order valence-corrected chi connectivity index (χ0v) is 21.1. The second kappa shape index (κ2) is 10.8. The molecule has 2 saturated heterocycles. The number of methoxy groups -OCH3 is 1. The highest BCUT2D eigenvalue weighted by atomic mass is 32.2. The Labute approximate surface area is 199 Å². The van der Waals surface area contributed by atoms with Crippen LogP contribution in [-0.4, -0.2) is 64.2 Å². The van der Waals surface area contributed by atoms with E-state index >= 15 is 0 Å². The van der Waals surface area contributed by atoms with Gasteiger partial charge in [-0.1, -0.05) is 46.7 Å². The summed E-state index contributed by atoms with van der Waals surface area (Å²) < 4.78 is 30.2. The van der Waals surface area contributed by atoms with Crippen molar-refractivity contribution in [1.82, 2.24) is 0 Å². The molecule has 2 heterocycles. The Morgan fingerprint density at radius 3 is 2.53 bits per heavy atom. The maximum atomic E-state index is 9.65. The van der Waals surface area contributed by atoms with Gasteiger partial charge in [0.25, 0.3) is 0 Å². The number of thioether (sulfide) groups is 1.